The van der Waals surface area contributed by atoms with Crippen molar-refractivity contribution in [1.29, 1.82) is 0 Å². The summed E-state index contributed by atoms with van der Waals surface area (Å²) in [6.45, 7) is 2.63. The normalized spacial score (nSPS) is 19.0. The fourth-order valence-electron chi connectivity index (χ4n) is 3.47. The highest BCUT2D eigenvalue weighted by atomic mass is 35.5. The van der Waals surface area contributed by atoms with Crippen molar-refractivity contribution >= 4 is 17.5 Å². The number of ether oxygens (including phenoxy) is 3. The monoisotopic (exact) mass is 387 g/mol. The average molecular weight is 388 g/mol. The molecule has 2 aliphatic rings. The zero-order valence-electron chi connectivity index (χ0n) is 15.0. The van der Waals surface area contributed by atoms with Gasteiger partial charge in [-0.05, 0) is 30.5 Å². The molecule has 2 aromatic rings. The molecule has 0 saturated carbocycles. The summed E-state index contributed by atoms with van der Waals surface area (Å²) in [4.78, 5) is 14.8. The van der Waals surface area contributed by atoms with Gasteiger partial charge in [-0.2, -0.15) is 0 Å². The van der Waals surface area contributed by atoms with Gasteiger partial charge in [-0.1, -0.05) is 41.9 Å². The molecule has 2 aliphatic heterocycles. The van der Waals surface area contributed by atoms with Crippen molar-refractivity contribution in [1.82, 2.24) is 4.90 Å². The van der Waals surface area contributed by atoms with Crippen LogP contribution in [0.3, 0.4) is 0 Å². The number of benzene rings is 2. The van der Waals surface area contributed by atoms with Crippen LogP contribution in [0.5, 0.6) is 11.5 Å². The third-order valence-corrected chi connectivity index (χ3v) is 5.15. The molecule has 1 amide bonds. The van der Waals surface area contributed by atoms with E-state index in [9.17, 15) is 4.79 Å². The maximum Gasteiger partial charge on any atom is 0.254 e. The number of hydrogen-bond donors (Lipinski definition) is 0. The summed E-state index contributed by atoms with van der Waals surface area (Å²) in [5.41, 5.74) is 1.80. The largest absolute Gasteiger partial charge is 0.486 e. The molecule has 27 heavy (non-hydrogen) atoms. The molecule has 2 heterocycles. The van der Waals surface area contributed by atoms with E-state index in [1.165, 1.54) is 5.56 Å². The Bertz CT molecular complexity index is 811. The first-order chi connectivity index (χ1) is 13.2. The Balaban J connectivity index is 1.42. The molecule has 1 fully saturated rings. The number of morpholine rings is 1. The molecule has 4 rings (SSSR count). The summed E-state index contributed by atoms with van der Waals surface area (Å²) in [7, 11) is 0. The van der Waals surface area contributed by atoms with Crippen LogP contribution in [-0.2, 0) is 11.2 Å². The highest BCUT2D eigenvalue weighted by Gasteiger charge is 2.27. The van der Waals surface area contributed by atoms with E-state index in [4.69, 9.17) is 25.8 Å². The highest BCUT2D eigenvalue weighted by molar-refractivity contribution is 6.32. The molecular weight excluding hydrogens is 366 g/mol. The summed E-state index contributed by atoms with van der Waals surface area (Å²) in [6.07, 6.45) is 1.86. The lowest BCUT2D eigenvalue weighted by molar-refractivity contribution is -0.0246. The SMILES string of the molecule is O=C(c1cc(Cl)c2c(c1)OCCO2)N1CCOC(CCc2ccccc2)C1. The minimum atomic E-state index is -0.0538. The van der Waals surface area contributed by atoms with Gasteiger partial charge in [0.05, 0.1) is 17.7 Å². The highest BCUT2D eigenvalue weighted by Crippen LogP contribution is 2.38. The molecule has 0 aromatic heterocycles. The molecule has 1 saturated heterocycles. The van der Waals surface area contributed by atoms with Crippen molar-refractivity contribution in [3.05, 3.63) is 58.6 Å². The first-order valence-corrected chi connectivity index (χ1v) is 9.62. The second-order valence-corrected chi connectivity index (χ2v) is 7.16. The second kappa shape index (κ2) is 8.19. The van der Waals surface area contributed by atoms with E-state index in [2.05, 4.69) is 12.1 Å². The Morgan fingerprint density at radius 2 is 1.93 bits per heavy atom. The Kier molecular flexibility index (Phi) is 5.50. The first kappa shape index (κ1) is 18.1. The Labute approximate surface area is 163 Å². The summed E-state index contributed by atoms with van der Waals surface area (Å²) < 4.78 is 17.0. The number of nitrogens with zero attached hydrogens (tertiary/aromatic N) is 1. The molecule has 5 nitrogen and oxygen atoms in total. The van der Waals surface area contributed by atoms with E-state index in [0.717, 1.165) is 12.8 Å². The summed E-state index contributed by atoms with van der Waals surface area (Å²) in [5.74, 6) is 0.995. The standard InChI is InChI=1S/C21H22ClNO4/c22-18-12-16(13-19-20(18)27-11-10-26-19)21(24)23-8-9-25-17(14-23)7-6-15-4-2-1-3-5-15/h1-5,12-13,17H,6-11,14H2. The summed E-state index contributed by atoms with van der Waals surface area (Å²) in [6, 6.07) is 13.7. The van der Waals surface area contributed by atoms with E-state index in [1.54, 1.807) is 12.1 Å². The Morgan fingerprint density at radius 1 is 1.11 bits per heavy atom. The summed E-state index contributed by atoms with van der Waals surface area (Å²) >= 11 is 6.28. The topological polar surface area (TPSA) is 48.0 Å². The molecule has 0 bridgehead atoms. The third-order valence-electron chi connectivity index (χ3n) is 4.87. The molecule has 1 unspecified atom stereocenters. The number of aryl methyl sites for hydroxylation is 1. The zero-order valence-corrected chi connectivity index (χ0v) is 15.8. The minimum Gasteiger partial charge on any atom is -0.486 e. The molecule has 1 atom stereocenters. The minimum absolute atomic E-state index is 0.0376. The van der Waals surface area contributed by atoms with Gasteiger partial charge in [-0.3, -0.25) is 4.79 Å². The van der Waals surface area contributed by atoms with Gasteiger partial charge in [0.1, 0.15) is 13.2 Å². The van der Waals surface area contributed by atoms with Gasteiger partial charge in [0.2, 0.25) is 0 Å². The van der Waals surface area contributed by atoms with Crippen LogP contribution in [0.15, 0.2) is 42.5 Å². The van der Waals surface area contributed by atoms with Crippen LogP contribution in [0.2, 0.25) is 5.02 Å². The fourth-order valence-corrected chi connectivity index (χ4v) is 3.73. The van der Waals surface area contributed by atoms with Gasteiger partial charge in [-0.25, -0.2) is 0 Å². The van der Waals surface area contributed by atoms with Crippen LogP contribution in [0.25, 0.3) is 0 Å². The van der Waals surface area contributed by atoms with Crippen LogP contribution in [-0.4, -0.2) is 49.8 Å². The van der Waals surface area contributed by atoms with Gasteiger partial charge < -0.3 is 19.1 Å². The number of fused-ring (bicyclic) bond motifs is 1. The van der Waals surface area contributed by atoms with Crippen LogP contribution in [0, 0.1) is 0 Å². The maximum absolute atomic E-state index is 13.0. The van der Waals surface area contributed by atoms with Gasteiger partial charge >= 0.3 is 0 Å². The quantitative estimate of drug-likeness (QED) is 0.804. The van der Waals surface area contributed by atoms with Crippen molar-refractivity contribution < 1.29 is 19.0 Å². The van der Waals surface area contributed by atoms with E-state index < -0.39 is 0 Å². The predicted molar refractivity (Wildman–Crippen MR) is 103 cm³/mol. The van der Waals surface area contributed by atoms with Crippen LogP contribution >= 0.6 is 11.6 Å². The molecular formula is C21H22ClNO4. The molecule has 2 aromatic carbocycles. The smallest absolute Gasteiger partial charge is 0.254 e. The second-order valence-electron chi connectivity index (χ2n) is 6.75. The Hall–Kier alpha value is -2.24. The number of carbonyl (C=O) groups excluding carboxylic acids is 1. The molecule has 142 valence electrons. The predicted octanol–water partition coefficient (Wildman–Crippen LogP) is 3.59. The number of amides is 1. The number of rotatable bonds is 4. The molecule has 0 radical (unpaired) electrons. The summed E-state index contributed by atoms with van der Waals surface area (Å²) in [5, 5.41) is 0.407. The van der Waals surface area contributed by atoms with E-state index >= 15 is 0 Å². The van der Waals surface area contributed by atoms with Crippen molar-refractivity contribution in [2.45, 2.75) is 18.9 Å². The van der Waals surface area contributed by atoms with Crippen molar-refractivity contribution in [3.63, 3.8) is 0 Å². The van der Waals surface area contributed by atoms with Crippen LogP contribution < -0.4 is 9.47 Å². The lowest BCUT2D eigenvalue weighted by atomic mass is 10.1. The lowest BCUT2D eigenvalue weighted by Crippen LogP contribution is -2.45. The van der Waals surface area contributed by atoms with Crippen molar-refractivity contribution in [2.24, 2.45) is 0 Å². The van der Waals surface area contributed by atoms with Crippen LogP contribution in [0.4, 0.5) is 0 Å². The average Bonchev–Trinajstić information content (AvgIpc) is 2.73. The van der Waals surface area contributed by atoms with E-state index in [0.29, 0.717) is 55.0 Å². The van der Waals surface area contributed by atoms with Gasteiger partial charge in [0.25, 0.3) is 5.91 Å². The van der Waals surface area contributed by atoms with Gasteiger partial charge in [0.15, 0.2) is 11.5 Å². The number of hydrogen-bond acceptors (Lipinski definition) is 4. The molecule has 0 N–H and O–H groups in total. The van der Waals surface area contributed by atoms with Crippen molar-refractivity contribution in [2.75, 3.05) is 32.9 Å². The van der Waals surface area contributed by atoms with Gasteiger partial charge in [-0.15, -0.1) is 0 Å². The first-order valence-electron chi connectivity index (χ1n) is 9.24. The van der Waals surface area contributed by atoms with Gasteiger partial charge in [0, 0.05) is 18.7 Å². The van der Waals surface area contributed by atoms with Crippen LogP contribution in [0.1, 0.15) is 22.3 Å². The van der Waals surface area contributed by atoms with E-state index in [1.807, 2.05) is 23.1 Å². The fraction of sp³-hybridized carbons (Fsp3) is 0.381. The van der Waals surface area contributed by atoms with Crippen molar-refractivity contribution in [3.8, 4) is 11.5 Å². The number of carbonyl (C=O) groups is 1. The zero-order chi connectivity index (χ0) is 18.6. The van der Waals surface area contributed by atoms with E-state index in [-0.39, 0.29) is 12.0 Å². The molecule has 6 heteroatoms. The number of halogens is 1. The molecule has 0 aliphatic carbocycles. The lowest BCUT2D eigenvalue weighted by Gasteiger charge is -2.33. The Morgan fingerprint density at radius 3 is 2.78 bits per heavy atom. The maximum atomic E-state index is 13.0. The molecule has 0 spiro atoms. The third kappa shape index (κ3) is 4.20.